The second-order valence-corrected chi connectivity index (χ2v) is 7.02. The largest absolute Gasteiger partial charge is 0.243 e. The van der Waals surface area contributed by atoms with Gasteiger partial charge >= 0.3 is 0 Å². The van der Waals surface area contributed by atoms with Crippen molar-refractivity contribution in [1.82, 2.24) is 9.71 Å². The molecule has 1 fully saturated rings. The Morgan fingerprint density at radius 2 is 2.28 bits per heavy atom. The molecule has 0 amide bonds. The van der Waals surface area contributed by atoms with Gasteiger partial charge in [0, 0.05) is 12.7 Å². The molecule has 1 aliphatic rings. The summed E-state index contributed by atoms with van der Waals surface area (Å²) in [5.41, 5.74) is 0. The Labute approximate surface area is 113 Å². The Bertz CT molecular complexity index is 519. The van der Waals surface area contributed by atoms with E-state index in [9.17, 15) is 8.42 Å². The summed E-state index contributed by atoms with van der Waals surface area (Å²) in [6.07, 6.45) is 4.83. The summed E-state index contributed by atoms with van der Waals surface area (Å²) in [4.78, 5) is 3.84. The van der Waals surface area contributed by atoms with Crippen molar-refractivity contribution in [3.8, 4) is 0 Å². The van der Waals surface area contributed by atoms with Crippen molar-refractivity contribution in [3.63, 3.8) is 0 Å². The lowest BCUT2D eigenvalue weighted by Crippen LogP contribution is -2.29. The van der Waals surface area contributed by atoms with Crippen LogP contribution in [0.3, 0.4) is 0 Å². The molecule has 1 aliphatic carbocycles. The zero-order chi connectivity index (χ0) is 13.2. The molecule has 1 N–H and O–H groups in total. The molecule has 1 heterocycles. The maximum absolute atomic E-state index is 12.1. The first-order valence-corrected chi connectivity index (χ1v) is 7.95. The monoisotopic (exact) mass is 288 g/mol. The van der Waals surface area contributed by atoms with Gasteiger partial charge < -0.3 is 0 Å². The second-order valence-electron chi connectivity index (χ2n) is 4.93. The van der Waals surface area contributed by atoms with E-state index in [1.54, 1.807) is 6.07 Å². The Hall–Kier alpha value is -0.650. The van der Waals surface area contributed by atoms with Gasteiger partial charge in [-0.3, -0.25) is 0 Å². The smallest absolute Gasteiger partial charge is 0.243 e. The summed E-state index contributed by atoms with van der Waals surface area (Å²) >= 11 is 5.80. The maximum atomic E-state index is 12.1. The SMILES string of the molecule is CC1CCC(CNS(=O)(=O)c2cccnc2Cl)C1. The molecule has 2 atom stereocenters. The zero-order valence-electron chi connectivity index (χ0n) is 10.3. The van der Waals surface area contributed by atoms with E-state index >= 15 is 0 Å². The number of nitrogens with zero attached hydrogens (tertiary/aromatic N) is 1. The fourth-order valence-corrected chi connectivity index (χ4v) is 3.95. The third-order valence-electron chi connectivity index (χ3n) is 3.38. The van der Waals surface area contributed by atoms with Crippen molar-refractivity contribution >= 4 is 21.6 Å². The normalized spacial score (nSPS) is 24.3. The number of halogens is 1. The molecule has 4 nitrogen and oxygen atoms in total. The van der Waals surface area contributed by atoms with E-state index in [0.29, 0.717) is 18.4 Å². The number of hydrogen-bond donors (Lipinski definition) is 1. The number of pyridine rings is 1. The summed E-state index contributed by atoms with van der Waals surface area (Å²) in [6, 6.07) is 3.03. The number of sulfonamides is 1. The minimum Gasteiger partial charge on any atom is -0.243 e. The van der Waals surface area contributed by atoms with Gasteiger partial charge in [-0.2, -0.15) is 0 Å². The summed E-state index contributed by atoms with van der Waals surface area (Å²) in [7, 11) is -3.54. The summed E-state index contributed by atoms with van der Waals surface area (Å²) in [5.74, 6) is 1.13. The molecule has 1 aromatic heterocycles. The quantitative estimate of drug-likeness (QED) is 0.866. The van der Waals surface area contributed by atoms with Gasteiger partial charge in [0.2, 0.25) is 10.0 Å². The highest BCUT2D eigenvalue weighted by molar-refractivity contribution is 7.89. The second kappa shape index (κ2) is 5.55. The van der Waals surface area contributed by atoms with Crippen molar-refractivity contribution in [2.75, 3.05) is 6.54 Å². The highest BCUT2D eigenvalue weighted by Gasteiger charge is 2.24. The third kappa shape index (κ3) is 3.22. The van der Waals surface area contributed by atoms with Crippen molar-refractivity contribution < 1.29 is 8.42 Å². The van der Waals surface area contributed by atoms with Crippen molar-refractivity contribution in [1.29, 1.82) is 0 Å². The first-order chi connectivity index (χ1) is 8.49. The van der Waals surface area contributed by atoms with Crippen LogP contribution in [0.4, 0.5) is 0 Å². The van der Waals surface area contributed by atoms with E-state index < -0.39 is 10.0 Å². The molecule has 1 saturated carbocycles. The van der Waals surface area contributed by atoms with Gasteiger partial charge in [-0.1, -0.05) is 24.9 Å². The number of hydrogen-bond acceptors (Lipinski definition) is 3. The molecular weight excluding hydrogens is 272 g/mol. The fourth-order valence-electron chi connectivity index (χ4n) is 2.39. The topological polar surface area (TPSA) is 59.1 Å². The van der Waals surface area contributed by atoms with Gasteiger partial charge in [0.1, 0.15) is 10.0 Å². The number of rotatable bonds is 4. The number of aromatic nitrogens is 1. The average molecular weight is 289 g/mol. The van der Waals surface area contributed by atoms with Gasteiger partial charge in [0.15, 0.2) is 0 Å². The van der Waals surface area contributed by atoms with Crippen LogP contribution in [0, 0.1) is 11.8 Å². The van der Waals surface area contributed by atoms with Crippen LogP contribution in [0.2, 0.25) is 5.15 Å². The van der Waals surface area contributed by atoms with Crippen LogP contribution in [0.25, 0.3) is 0 Å². The molecule has 2 unspecified atom stereocenters. The van der Waals surface area contributed by atoms with E-state index in [0.717, 1.165) is 12.8 Å². The predicted molar refractivity (Wildman–Crippen MR) is 70.9 cm³/mol. The molecule has 18 heavy (non-hydrogen) atoms. The lowest BCUT2D eigenvalue weighted by Gasteiger charge is -2.12. The summed E-state index contributed by atoms with van der Waals surface area (Å²) in [5, 5.41) is 0.0183. The lowest BCUT2D eigenvalue weighted by atomic mass is 10.1. The fraction of sp³-hybridized carbons (Fsp3) is 0.583. The van der Waals surface area contributed by atoms with Gasteiger partial charge in [0.25, 0.3) is 0 Å². The highest BCUT2D eigenvalue weighted by Crippen LogP contribution is 2.30. The Morgan fingerprint density at radius 1 is 1.50 bits per heavy atom. The first kappa shape index (κ1) is 13.8. The van der Waals surface area contributed by atoms with Gasteiger partial charge in [0.05, 0.1) is 0 Å². The van der Waals surface area contributed by atoms with Crippen molar-refractivity contribution in [3.05, 3.63) is 23.5 Å². The van der Waals surface area contributed by atoms with Gasteiger partial charge in [-0.25, -0.2) is 18.1 Å². The predicted octanol–water partition coefficient (Wildman–Crippen LogP) is 2.45. The zero-order valence-corrected chi connectivity index (χ0v) is 11.8. The van der Waals surface area contributed by atoms with E-state index in [-0.39, 0.29) is 10.0 Å². The maximum Gasteiger partial charge on any atom is 0.243 e. The van der Waals surface area contributed by atoms with E-state index in [1.165, 1.54) is 18.7 Å². The lowest BCUT2D eigenvalue weighted by molar-refractivity contribution is 0.498. The molecule has 0 spiro atoms. The molecular formula is C12H17ClN2O2S. The van der Waals surface area contributed by atoms with Gasteiger partial charge in [-0.05, 0) is 36.8 Å². The molecule has 0 radical (unpaired) electrons. The summed E-state index contributed by atoms with van der Waals surface area (Å²) in [6.45, 7) is 2.68. The molecule has 100 valence electrons. The van der Waals surface area contributed by atoms with Gasteiger partial charge in [-0.15, -0.1) is 0 Å². The standard InChI is InChI=1S/C12H17ClN2O2S/c1-9-4-5-10(7-9)8-15-18(16,17)11-3-2-6-14-12(11)13/h2-3,6,9-10,15H,4-5,7-8H2,1H3. The van der Waals surface area contributed by atoms with E-state index in [1.807, 2.05) is 0 Å². The average Bonchev–Trinajstić information content (AvgIpc) is 2.73. The molecule has 2 rings (SSSR count). The Morgan fingerprint density at radius 3 is 2.89 bits per heavy atom. The molecule has 0 aliphatic heterocycles. The minimum absolute atomic E-state index is 0.0183. The molecule has 0 saturated heterocycles. The summed E-state index contributed by atoms with van der Waals surface area (Å²) < 4.78 is 26.7. The molecule has 0 bridgehead atoms. The Kier molecular flexibility index (Phi) is 4.25. The highest BCUT2D eigenvalue weighted by atomic mass is 35.5. The van der Waals surface area contributed by atoms with Crippen LogP contribution in [-0.4, -0.2) is 19.9 Å². The van der Waals surface area contributed by atoms with Crippen molar-refractivity contribution in [2.24, 2.45) is 11.8 Å². The van der Waals surface area contributed by atoms with Crippen LogP contribution >= 0.6 is 11.6 Å². The molecule has 1 aromatic rings. The Balaban J connectivity index is 2.02. The molecule has 0 aromatic carbocycles. The van der Waals surface area contributed by atoms with E-state index in [4.69, 9.17) is 11.6 Å². The number of nitrogens with one attached hydrogen (secondary N) is 1. The van der Waals surface area contributed by atoms with Crippen LogP contribution in [0.5, 0.6) is 0 Å². The minimum atomic E-state index is -3.54. The van der Waals surface area contributed by atoms with Crippen LogP contribution in [-0.2, 0) is 10.0 Å². The first-order valence-electron chi connectivity index (χ1n) is 6.09. The third-order valence-corrected chi connectivity index (χ3v) is 5.25. The van der Waals surface area contributed by atoms with Crippen LogP contribution < -0.4 is 4.72 Å². The van der Waals surface area contributed by atoms with Crippen molar-refractivity contribution in [2.45, 2.75) is 31.1 Å². The van der Waals surface area contributed by atoms with Crippen LogP contribution in [0.15, 0.2) is 23.2 Å². The van der Waals surface area contributed by atoms with E-state index in [2.05, 4.69) is 16.6 Å². The van der Waals surface area contributed by atoms with Crippen LogP contribution in [0.1, 0.15) is 26.2 Å². The molecule has 6 heteroatoms.